The molecule has 1 saturated heterocycles. The second-order valence-electron chi connectivity index (χ2n) is 5.79. The van der Waals surface area contributed by atoms with Crippen molar-refractivity contribution in [2.45, 2.75) is 18.6 Å². The van der Waals surface area contributed by atoms with Gasteiger partial charge in [-0.1, -0.05) is 24.3 Å². The van der Waals surface area contributed by atoms with Gasteiger partial charge >= 0.3 is 5.97 Å². The predicted octanol–water partition coefficient (Wildman–Crippen LogP) is 2.15. The number of β-amino-alcohol motifs (C(OH)–C–C–N with tert-alkyl or cyclic N) is 1. The van der Waals surface area contributed by atoms with Crippen LogP contribution >= 0.6 is 0 Å². The van der Waals surface area contributed by atoms with E-state index in [0.29, 0.717) is 11.1 Å². The summed E-state index contributed by atoms with van der Waals surface area (Å²) in [6.07, 6.45) is -0.802. The van der Waals surface area contributed by atoms with Gasteiger partial charge in [-0.2, -0.15) is 0 Å². The minimum atomic E-state index is -1.13. The first kappa shape index (κ1) is 16.1. The van der Waals surface area contributed by atoms with Gasteiger partial charge in [0.1, 0.15) is 11.9 Å². The van der Waals surface area contributed by atoms with E-state index < -0.39 is 24.0 Å². The third-order valence-corrected chi connectivity index (χ3v) is 4.11. The number of amides is 1. The maximum atomic E-state index is 13.3. The van der Waals surface area contributed by atoms with E-state index in [0.717, 1.165) is 5.56 Å². The average Bonchev–Trinajstić information content (AvgIpc) is 2.96. The zero-order valence-electron chi connectivity index (χ0n) is 12.7. The van der Waals surface area contributed by atoms with Gasteiger partial charge in [0.25, 0.3) is 5.91 Å². The summed E-state index contributed by atoms with van der Waals surface area (Å²) in [4.78, 5) is 24.9. The largest absolute Gasteiger partial charge is 0.480 e. The molecular weight excluding hydrogens is 313 g/mol. The fourth-order valence-corrected chi connectivity index (χ4v) is 2.91. The molecule has 124 valence electrons. The summed E-state index contributed by atoms with van der Waals surface area (Å²) >= 11 is 0. The molecule has 0 unspecified atom stereocenters. The quantitative estimate of drug-likeness (QED) is 0.904. The zero-order valence-corrected chi connectivity index (χ0v) is 12.7. The molecule has 0 spiro atoms. The van der Waals surface area contributed by atoms with Gasteiger partial charge in [-0.25, -0.2) is 9.18 Å². The zero-order chi connectivity index (χ0) is 17.3. The number of aliphatic hydroxyl groups is 1. The first-order valence-electron chi connectivity index (χ1n) is 7.53. The first-order chi connectivity index (χ1) is 11.5. The number of halogens is 1. The molecule has 0 radical (unpaired) electrons. The molecule has 6 heteroatoms. The van der Waals surface area contributed by atoms with Gasteiger partial charge in [0.05, 0.1) is 6.10 Å². The van der Waals surface area contributed by atoms with Gasteiger partial charge in [0.2, 0.25) is 0 Å². The molecule has 0 bridgehead atoms. The lowest BCUT2D eigenvalue weighted by Crippen LogP contribution is -2.40. The van der Waals surface area contributed by atoms with Crippen LogP contribution in [-0.4, -0.2) is 45.7 Å². The van der Waals surface area contributed by atoms with Crippen LogP contribution in [0.5, 0.6) is 0 Å². The Balaban J connectivity index is 1.83. The second-order valence-corrected chi connectivity index (χ2v) is 5.79. The summed E-state index contributed by atoms with van der Waals surface area (Å²) in [5.74, 6) is -1.91. The topological polar surface area (TPSA) is 77.8 Å². The van der Waals surface area contributed by atoms with E-state index in [9.17, 15) is 24.2 Å². The van der Waals surface area contributed by atoms with Gasteiger partial charge in [-0.15, -0.1) is 0 Å². The van der Waals surface area contributed by atoms with Crippen LogP contribution in [0.15, 0.2) is 48.5 Å². The third-order valence-electron chi connectivity index (χ3n) is 4.11. The van der Waals surface area contributed by atoms with Crippen LogP contribution in [0.25, 0.3) is 11.1 Å². The molecular formula is C18H16FNO4. The molecule has 0 saturated carbocycles. The van der Waals surface area contributed by atoms with Gasteiger partial charge in [-0.05, 0) is 35.4 Å². The van der Waals surface area contributed by atoms with Crippen LogP contribution in [0.3, 0.4) is 0 Å². The number of carbonyl (C=O) groups is 2. The Labute approximate surface area is 138 Å². The molecule has 0 aliphatic carbocycles. The summed E-state index contributed by atoms with van der Waals surface area (Å²) in [7, 11) is 0. The lowest BCUT2D eigenvalue weighted by atomic mass is 10.0. The SMILES string of the molecule is O=C(O)[C@@H]1C[C@@H](O)CN1C(=O)c1ccc(-c2cccc(F)c2)cc1. The number of aliphatic hydroxyl groups excluding tert-OH is 1. The Hall–Kier alpha value is -2.73. The number of aliphatic carboxylic acids is 1. The van der Waals surface area contributed by atoms with Gasteiger partial charge in [-0.3, -0.25) is 4.79 Å². The van der Waals surface area contributed by atoms with E-state index in [1.54, 1.807) is 36.4 Å². The number of benzene rings is 2. The summed E-state index contributed by atoms with van der Waals surface area (Å²) < 4.78 is 13.3. The number of carboxylic acids is 1. The van der Waals surface area contributed by atoms with Crippen LogP contribution in [0.4, 0.5) is 4.39 Å². The van der Waals surface area contributed by atoms with Crippen LogP contribution < -0.4 is 0 Å². The van der Waals surface area contributed by atoms with Crippen molar-refractivity contribution in [3.8, 4) is 11.1 Å². The number of likely N-dealkylation sites (tertiary alicyclic amines) is 1. The molecule has 2 aromatic carbocycles. The second kappa shape index (κ2) is 6.41. The lowest BCUT2D eigenvalue weighted by Gasteiger charge is -2.21. The Morgan fingerprint density at radius 3 is 2.42 bits per heavy atom. The molecule has 2 atom stereocenters. The minimum Gasteiger partial charge on any atom is -0.480 e. The lowest BCUT2D eigenvalue weighted by molar-refractivity contribution is -0.141. The van der Waals surface area contributed by atoms with Crippen LogP contribution in [0.2, 0.25) is 0 Å². The molecule has 24 heavy (non-hydrogen) atoms. The van der Waals surface area contributed by atoms with E-state index in [2.05, 4.69) is 0 Å². The van der Waals surface area contributed by atoms with Crippen molar-refractivity contribution < 1.29 is 24.2 Å². The molecule has 1 fully saturated rings. The first-order valence-corrected chi connectivity index (χ1v) is 7.53. The number of hydrogen-bond donors (Lipinski definition) is 2. The van der Waals surface area contributed by atoms with E-state index in [1.807, 2.05) is 0 Å². The average molecular weight is 329 g/mol. The standard InChI is InChI=1S/C18H16FNO4/c19-14-3-1-2-13(8-14)11-4-6-12(7-5-11)17(22)20-10-15(21)9-16(20)18(23)24/h1-8,15-16,21H,9-10H2,(H,23,24)/t15-,16+/m1/s1. The molecule has 1 amide bonds. The van der Waals surface area contributed by atoms with E-state index in [1.165, 1.54) is 17.0 Å². The van der Waals surface area contributed by atoms with Gasteiger partial charge < -0.3 is 15.1 Å². The third kappa shape index (κ3) is 3.14. The van der Waals surface area contributed by atoms with E-state index in [4.69, 9.17) is 0 Å². The smallest absolute Gasteiger partial charge is 0.326 e. The molecule has 5 nitrogen and oxygen atoms in total. The number of nitrogens with zero attached hydrogens (tertiary/aromatic N) is 1. The van der Waals surface area contributed by atoms with E-state index >= 15 is 0 Å². The van der Waals surface area contributed by atoms with Crippen molar-refractivity contribution in [1.29, 1.82) is 0 Å². The summed E-state index contributed by atoms with van der Waals surface area (Å²) in [6, 6.07) is 11.6. The Bertz CT molecular complexity index is 775. The maximum Gasteiger partial charge on any atom is 0.326 e. The van der Waals surface area contributed by atoms with E-state index in [-0.39, 0.29) is 18.8 Å². The molecule has 2 N–H and O–H groups in total. The summed E-state index contributed by atoms with van der Waals surface area (Å²) in [5, 5.41) is 18.8. The van der Waals surface area contributed by atoms with Crippen molar-refractivity contribution >= 4 is 11.9 Å². The van der Waals surface area contributed by atoms with Crippen LogP contribution in [0.1, 0.15) is 16.8 Å². The predicted molar refractivity (Wildman–Crippen MR) is 84.9 cm³/mol. The fraction of sp³-hybridized carbons (Fsp3) is 0.222. The van der Waals surface area contributed by atoms with Crippen molar-refractivity contribution in [3.63, 3.8) is 0 Å². The van der Waals surface area contributed by atoms with Gasteiger partial charge in [0, 0.05) is 18.5 Å². The molecule has 1 aliphatic heterocycles. The number of carboxylic acid groups (broad SMARTS) is 1. The summed E-state index contributed by atoms with van der Waals surface area (Å²) in [5.41, 5.74) is 1.77. The van der Waals surface area contributed by atoms with Crippen LogP contribution in [-0.2, 0) is 4.79 Å². The number of carbonyl (C=O) groups excluding carboxylic acids is 1. The molecule has 1 heterocycles. The number of hydrogen-bond acceptors (Lipinski definition) is 3. The van der Waals surface area contributed by atoms with Crippen molar-refractivity contribution in [2.75, 3.05) is 6.54 Å². The Morgan fingerprint density at radius 1 is 1.08 bits per heavy atom. The Morgan fingerprint density at radius 2 is 1.79 bits per heavy atom. The minimum absolute atomic E-state index is 0.00144. The van der Waals surface area contributed by atoms with Crippen LogP contribution in [0, 0.1) is 5.82 Å². The van der Waals surface area contributed by atoms with Crippen molar-refractivity contribution in [2.24, 2.45) is 0 Å². The molecule has 0 aromatic heterocycles. The fourth-order valence-electron chi connectivity index (χ4n) is 2.91. The highest BCUT2D eigenvalue weighted by molar-refractivity contribution is 5.97. The monoisotopic (exact) mass is 329 g/mol. The normalized spacial score (nSPS) is 20.2. The highest BCUT2D eigenvalue weighted by Gasteiger charge is 2.39. The van der Waals surface area contributed by atoms with Crippen molar-refractivity contribution in [3.05, 3.63) is 59.9 Å². The summed E-state index contributed by atoms with van der Waals surface area (Å²) in [6.45, 7) is 0.00144. The maximum absolute atomic E-state index is 13.3. The highest BCUT2D eigenvalue weighted by Crippen LogP contribution is 2.24. The van der Waals surface area contributed by atoms with Gasteiger partial charge in [0.15, 0.2) is 0 Å². The van der Waals surface area contributed by atoms with Crippen molar-refractivity contribution in [1.82, 2.24) is 4.90 Å². The molecule has 3 rings (SSSR count). The molecule has 1 aliphatic rings. The molecule has 2 aromatic rings. The highest BCUT2D eigenvalue weighted by atomic mass is 19.1. The number of rotatable bonds is 3. The Kier molecular flexibility index (Phi) is 4.31.